The monoisotopic (exact) mass is 392 g/mol. The van der Waals surface area contributed by atoms with Gasteiger partial charge in [-0.05, 0) is 50.1 Å². The topological polar surface area (TPSA) is 52.5 Å². The fraction of sp³-hybridized carbons (Fsp3) is 0.292. The first-order valence-electron chi connectivity index (χ1n) is 9.81. The molecule has 0 saturated carbocycles. The number of aromatic nitrogens is 1. The quantitative estimate of drug-likeness (QED) is 0.611. The lowest BCUT2D eigenvalue weighted by Gasteiger charge is -2.12. The molecule has 3 rings (SSSR count). The molecule has 1 N–H and O–H groups in total. The Hall–Kier alpha value is -3.05. The van der Waals surface area contributed by atoms with Gasteiger partial charge in [0.25, 0.3) is 5.91 Å². The minimum Gasteiger partial charge on any atom is -0.497 e. The molecule has 0 aliphatic rings. The molecule has 2 aromatic carbocycles. The third-order valence-electron chi connectivity index (χ3n) is 5.01. The first-order valence-corrected chi connectivity index (χ1v) is 9.81. The van der Waals surface area contributed by atoms with Gasteiger partial charge in [0.1, 0.15) is 5.75 Å². The minimum absolute atomic E-state index is 0.0848. The lowest BCUT2D eigenvalue weighted by molar-refractivity contribution is 0.0949. The van der Waals surface area contributed by atoms with Gasteiger partial charge in [-0.2, -0.15) is 0 Å². The van der Waals surface area contributed by atoms with Gasteiger partial charge in [-0.1, -0.05) is 30.3 Å². The third-order valence-corrected chi connectivity index (χ3v) is 5.01. The number of hydrogen-bond donors (Lipinski definition) is 1. The Morgan fingerprint density at radius 2 is 1.79 bits per heavy atom. The molecule has 0 saturated heterocycles. The number of rotatable bonds is 8. The van der Waals surface area contributed by atoms with Gasteiger partial charge in [0.2, 0.25) is 0 Å². The van der Waals surface area contributed by atoms with Gasteiger partial charge in [-0.25, -0.2) is 0 Å². The van der Waals surface area contributed by atoms with Crippen molar-refractivity contribution in [3.63, 3.8) is 0 Å². The summed E-state index contributed by atoms with van der Waals surface area (Å²) in [7, 11) is 1.65. The molecule has 0 unspecified atom stereocenters. The number of benzene rings is 2. The van der Waals surface area contributed by atoms with E-state index in [9.17, 15) is 4.79 Å². The molecule has 3 aromatic rings. The van der Waals surface area contributed by atoms with Gasteiger partial charge in [0.05, 0.1) is 19.3 Å². The van der Waals surface area contributed by atoms with Crippen LogP contribution in [-0.2, 0) is 17.9 Å². The summed E-state index contributed by atoms with van der Waals surface area (Å²) in [4.78, 5) is 12.9. The number of carbonyl (C=O) groups is 1. The zero-order chi connectivity index (χ0) is 20.8. The van der Waals surface area contributed by atoms with Crippen molar-refractivity contribution in [1.29, 1.82) is 0 Å². The maximum Gasteiger partial charge on any atom is 0.253 e. The highest BCUT2D eigenvalue weighted by atomic mass is 16.5. The van der Waals surface area contributed by atoms with E-state index in [4.69, 9.17) is 9.47 Å². The highest BCUT2D eigenvalue weighted by Crippen LogP contribution is 2.24. The smallest absolute Gasteiger partial charge is 0.253 e. The summed E-state index contributed by atoms with van der Waals surface area (Å²) in [6.07, 6.45) is 0. The maximum absolute atomic E-state index is 12.9. The molecule has 0 atom stereocenters. The normalized spacial score (nSPS) is 10.8. The largest absolute Gasteiger partial charge is 0.497 e. The van der Waals surface area contributed by atoms with Crippen LogP contribution in [0.25, 0.3) is 5.69 Å². The molecule has 0 aliphatic heterocycles. The summed E-state index contributed by atoms with van der Waals surface area (Å²) in [5.41, 5.74) is 5.70. The van der Waals surface area contributed by atoms with E-state index in [-0.39, 0.29) is 5.91 Å². The van der Waals surface area contributed by atoms with Crippen LogP contribution in [0.2, 0.25) is 0 Å². The van der Waals surface area contributed by atoms with E-state index in [0.717, 1.165) is 34.0 Å². The van der Waals surface area contributed by atoms with Gasteiger partial charge >= 0.3 is 0 Å². The number of nitrogens with zero attached hydrogens (tertiary/aromatic N) is 1. The van der Waals surface area contributed by atoms with E-state index in [2.05, 4.69) is 9.88 Å². The van der Waals surface area contributed by atoms with Crippen molar-refractivity contribution in [2.24, 2.45) is 0 Å². The van der Waals surface area contributed by atoms with Gasteiger partial charge < -0.3 is 19.4 Å². The number of aryl methyl sites for hydroxylation is 1. The van der Waals surface area contributed by atoms with Crippen molar-refractivity contribution >= 4 is 5.91 Å². The highest BCUT2D eigenvalue weighted by Gasteiger charge is 2.17. The van der Waals surface area contributed by atoms with Crippen molar-refractivity contribution < 1.29 is 14.3 Å². The summed E-state index contributed by atoms with van der Waals surface area (Å²) in [5.74, 6) is 0.699. The molecule has 0 radical (unpaired) electrons. The Labute approximate surface area is 172 Å². The summed E-state index contributed by atoms with van der Waals surface area (Å²) >= 11 is 0. The number of carbonyl (C=O) groups excluding carboxylic acids is 1. The van der Waals surface area contributed by atoms with E-state index in [1.165, 1.54) is 0 Å². The van der Waals surface area contributed by atoms with Crippen LogP contribution in [0.15, 0.2) is 54.6 Å². The maximum atomic E-state index is 12.9. The van der Waals surface area contributed by atoms with Crippen LogP contribution in [0.1, 0.15) is 39.8 Å². The standard InChI is InChI=1S/C24H28N2O3/c1-5-29-16-20-10-7-6-9-19(20)15-25-24(27)23-13-17(2)26(18(23)3)21-11-8-12-22(14-21)28-4/h6-14H,5,15-16H2,1-4H3,(H,25,27). The molecule has 1 aromatic heterocycles. The number of hydrogen-bond acceptors (Lipinski definition) is 3. The van der Waals surface area contributed by atoms with Crippen molar-refractivity contribution in [3.8, 4) is 11.4 Å². The van der Waals surface area contributed by atoms with Gasteiger partial charge in [0, 0.05) is 36.3 Å². The van der Waals surface area contributed by atoms with Crippen LogP contribution in [0.3, 0.4) is 0 Å². The van der Waals surface area contributed by atoms with Crippen LogP contribution < -0.4 is 10.1 Å². The molecule has 0 spiro atoms. The molecular formula is C24H28N2O3. The van der Waals surface area contributed by atoms with Crippen molar-refractivity contribution in [2.75, 3.05) is 13.7 Å². The second kappa shape index (κ2) is 9.43. The summed E-state index contributed by atoms with van der Waals surface area (Å²) in [6.45, 7) is 7.61. The molecule has 152 valence electrons. The first-order chi connectivity index (χ1) is 14.0. The molecule has 0 bridgehead atoms. The van der Waals surface area contributed by atoms with Gasteiger partial charge in [-0.15, -0.1) is 0 Å². The van der Waals surface area contributed by atoms with Crippen molar-refractivity contribution in [1.82, 2.24) is 9.88 Å². The zero-order valence-electron chi connectivity index (χ0n) is 17.5. The molecule has 1 amide bonds. The average molecular weight is 392 g/mol. The Bertz CT molecular complexity index is 992. The summed E-state index contributed by atoms with van der Waals surface area (Å²) in [5, 5.41) is 3.05. The number of methoxy groups -OCH3 is 1. The molecule has 5 heteroatoms. The minimum atomic E-state index is -0.0848. The van der Waals surface area contributed by atoms with Crippen LogP contribution in [0.5, 0.6) is 5.75 Å². The second-order valence-corrected chi connectivity index (χ2v) is 6.91. The highest BCUT2D eigenvalue weighted by molar-refractivity contribution is 5.95. The van der Waals surface area contributed by atoms with Crippen molar-refractivity contribution in [3.05, 3.63) is 82.7 Å². The zero-order valence-corrected chi connectivity index (χ0v) is 17.5. The van der Waals surface area contributed by atoms with E-state index >= 15 is 0 Å². The average Bonchev–Trinajstić information content (AvgIpc) is 3.05. The fourth-order valence-corrected chi connectivity index (χ4v) is 3.49. The van der Waals surface area contributed by atoms with Crippen LogP contribution in [0, 0.1) is 13.8 Å². The van der Waals surface area contributed by atoms with E-state index < -0.39 is 0 Å². The van der Waals surface area contributed by atoms with Crippen molar-refractivity contribution in [2.45, 2.75) is 33.9 Å². The van der Waals surface area contributed by atoms with Crippen LogP contribution >= 0.6 is 0 Å². The SMILES string of the molecule is CCOCc1ccccc1CNC(=O)c1cc(C)n(-c2cccc(OC)c2)c1C. The molecule has 0 fully saturated rings. The third kappa shape index (κ3) is 4.69. The van der Waals surface area contributed by atoms with Gasteiger partial charge in [-0.3, -0.25) is 4.79 Å². The predicted molar refractivity (Wildman–Crippen MR) is 115 cm³/mol. The Morgan fingerprint density at radius 3 is 2.52 bits per heavy atom. The second-order valence-electron chi connectivity index (χ2n) is 6.91. The van der Waals surface area contributed by atoms with Crippen LogP contribution in [0.4, 0.5) is 0 Å². The van der Waals surface area contributed by atoms with E-state index in [1.54, 1.807) is 7.11 Å². The van der Waals surface area contributed by atoms with Crippen LogP contribution in [-0.4, -0.2) is 24.2 Å². The Balaban J connectivity index is 1.79. The number of amides is 1. The molecule has 29 heavy (non-hydrogen) atoms. The Morgan fingerprint density at radius 1 is 1.03 bits per heavy atom. The lowest BCUT2D eigenvalue weighted by Crippen LogP contribution is -2.24. The number of ether oxygens (including phenoxy) is 2. The summed E-state index contributed by atoms with van der Waals surface area (Å²) in [6, 6.07) is 17.8. The fourth-order valence-electron chi connectivity index (χ4n) is 3.49. The summed E-state index contributed by atoms with van der Waals surface area (Å²) < 4.78 is 12.9. The first kappa shape index (κ1) is 20.7. The van der Waals surface area contributed by atoms with Gasteiger partial charge in [0.15, 0.2) is 0 Å². The molecule has 1 heterocycles. The van der Waals surface area contributed by atoms with E-state index in [0.29, 0.717) is 25.3 Å². The Kier molecular flexibility index (Phi) is 6.73. The molecule has 5 nitrogen and oxygen atoms in total. The number of nitrogens with one attached hydrogen (secondary N) is 1. The molecule has 0 aliphatic carbocycles. The predicted octanol–water partition coefficient (Wildman–Crippen LogP) is 4.57. The molecular weight excluding hydrogens is 364 g/mol. The lowest BCUT2D eigenvalue weighted by atomic mass is 10.1. The van der Waals surface area contributed by atoms with E-state index in [1.807, 2.05) is 75.4 Å².